The van der Waals surface area contributed by atoms with Gasteiger partial charge in [0.15, 0.2) is 5.82 Å². The molecule has 31 heavy (non-hydrogen) atoms. The highest BCUT2D eigenvalue weighted by Crippen LogP contribution is 2.32. The molecule has 1 aromatic rings. The van der Waals surface area contributed by atoms with Gasteiger partial charge in [0.1, 0.15) is 11.4 Å². The molecule has 3 heterocycles. The number of esters is 1. The first-order valence-corrected chi connectivity index (χ1v) is 11.4. The second kappa shape index (κ2) is 9.92. The van der Waals surface area contributed by atoms with Crippen molar-refractivity contribution in [3.05, 3.63) is 11.8 Å². The topological polar surface area (TPSA) is 85.1 Å². The highest BCUT2D eigenvalue weighted by molar-refractivity contribution is 5.69. The fraction of sp³-hybridized carbons (Fsp3) is 0.783. The summed E-state index contributed by atoms with van der Waals surface area (Å²) in [5, 5.41) is 4.21. The number of likely N-dealkylation sites (tertiary alicyclic amines) is 1. The van der Waals surface area contributed by atoms with E-state index in [1.54, 1.807) is 0 Å². The van der Waals surface area contributed by atoms with Gasteiger partial charge in [0.05, 0.1) is 7.11 Å². The van der Waals surface area contributed by atoms with Crippen LogP contribution in [0.2, 0.25) is 0 Å². The molecule has 0 unspecified atom stereocenters. The number of carbonyl (C=O) groups excluding carboxylic acids is 2. The fourth-order valence-electron chi connectivity index (χ4n) is 4.39. The van der Waals surface area contributed by atoms with Crippen molar-refractivity contribution in [1.29, 1.82) is 0 Å². The highest BCUT2D eigenvalue weighted by Gasteiger charge is 2.33. The van der Waals surface area contributed by atoms with E-state index in [1.807, 2.05) is 38.7 Å². The zero-order chi connectivity index (χ0) is 22.6. The summed E-state index contributed by atoms with van der Waals surface area (Å²) >= 11 is 0. The molecule has 0 saturated carbocycles. The Kier molecular flexibility index (Phi) is 7.49. The Morgan fingerprint density at radius 3 is 2.52 bits per heavy atom. The minimum Gasteiger partial charge on any atom is -0.469 e. The monoisotopic (exact) mass is 435 g/mol. The van der Waals surface area contributed by atoms with Gasteiger partial charge in [-0.3, -0.25) is 4.79 Å². The summed E-state index contributed by atoms with van der Waals surface area (Å²) in [6, 6.07) is 1.99. The second-order valence-corrected chi connectivity index (χ2v) is 10.2. The number of amides is 1. The minimum atomic E-state index is -0.441. The number of hydrogen-bond acceptors (Lipinski definition) is 7. The molecule has 0 bridgehead atoms. The van der Waals surface area contributed by atoms with E-state index in [4.69, 9.17) is 14.0 Å². The summed E-state index contributed by atoms with van der Waals surface area (Å²) in [7, 11) is 1.41. The number of aromatic nitrogens is 1. The van der Waals surface area contributed by atoms with E-state index in [2.05, 4.69) is 10.1 Å². The molecule has 174 valence electrons. The van der Waals surface area contributed by atoms with E-state index in [1.165, 1.54) is 13.5 Å². The van der Waals surface area contributed by atoms with Crippen LogP contribution in [0.15, 0.2) is 10.6 Å². The molecular weight excluding hydrogens is 398 g/mol. The van der Waals surface area contributed by atoms with Crippen LogP contribution in [0.5, 0.6) is 0 Å². The maximum atomic E-state index is 12.2. The van der Waals surface area contributed by atoms with Crippen molar-refractivity contribution < 1.29 is 23.6 Å². The number of hydrogen-bond donors (Lipinski definition) is 0. The zero-order valence-electron chi connectivity index (χ0n) is 19.6. The number of nitrogens with zero attached hydrogens (tertiary/aromatic N) is 3. The van der Waals surface area contributed by atoms with E-state index < -0.39 is 5.60 Å². The number of rotatable bonds is 7. The Balaban J connectivity index is 1.36. The molecule has 0 radical (unpaired) electrons. The Morgan fingerprint density at radius 1 is 1.23 bits per heavy atom. The highest BCUT2D eigenvalue weighted by atomic mass is 16.6. The largest absolute Gasteiger partial charge is 0.469 e. The summed E-state index contributed by atoms with van der Waals surface area (Å²) in [5.74, 6) is 2.98. The van der Waals surface area contributed by atoms with E-state index in [0.29, 0.717) is 24.7 Å². The molecule has 2 aliphatic rings. The molecule has 2 aliphatic heterocycles. The standard InChI is InChI=1S/C23H37N3O5/c1-16(11-21(27)29-5)10-19-13-20(24-31-19)26-14-18(15-26)12-17-6-8-25(9-7-17)22(28)30-23(2,3)4/h13,16-18H,6-12,14-15H2,1-5H3/t16-/m1/s1. The van der Waals surface area contributed by atoms with Crippen molar-refractivity contribution in [2.24, 2.45) is 17.8 Å². The molecule has 0 spiro atoms. The van der Waals surface area contributed by atoms with E-state index in [9.17, 15) is 9.59 Å². The lowest BCUT2D eigenvalue weighted by Gasteiger charge is -2.42. The first-order valence-electron chi connectivity index (χ1n) is 11.4. The lowest BCUT2D eigenvalue weighted by Crippen LogP contribution is -2.48. The molecular formula is C23H37N3O5. The molecule has 0 N–H and O–H groups in total. The van der Waals surface area contributed by atoms with Crippen LogP contribution in [-0.4, -0.2) is 61.0 Å². The van der Waals surface area contributed by atoms with Crippen molar-refractivity contribution >= 4 is 17.9 Å². The van der Waals surface area contributed by atoms with Gasteiger partial charge >= 0.3 is 12.1 Å². The lowest BCUT2D eigenvalue weighted by molar-refractivity contribution is -0.141. The SMILES string of the molecule is COC(=O)C[C@H](C)Cc1cc(N2CC(CC3CCN(C(=O)OC(C)(C)C)CC3)C2)no1. The maximum Gasteiger partial charge on any atom is 0.410 e. The van der Waals surface area contributed by atoms with Gasteiger partial charge in [0, 0.05) is 45.1 Å². The van der Waals surface area contributed by atoms with Crippen molar-refractivity contribution in [2.75, 3.05) is 38.2 Å². The third-order valence-electron chi connectivity index (χ3n) is 6.05. The van der Waals surface area contributed by atoms with Crippen molar-refractivity contribution in [3.8, 4) is 0 Å². The molecule has 3 rings (SSSR count). The van der Waals surface area contributed by atoms with Crippen LogP contribution in [0.4, 0.5) is 10.6 Å². The van der Waals surface area contributed by atoms with Gasteiger partial charge in [-0.05, 0) is 57.8 Å². The Hall–Kier alpha value is -2.25. The van der Waals surface area contributed by atoms with Crippen LogP contribution >= 0.6 is 0 Å². The molecule has 8 heteroatoms. The minimum absolute atomic E-state index is 0.156. The van der Waals surface area contributed by atoms with Crippen LogP contribution in [-0.2, 0) is 20.7 Å². The van der Waals surface area contributed by atoms with Gasteiger partial charge in [-0.2, -0.15) is 0 Å². The Bertz CT molecular complexity index is 743. The number of piperidine rings is 1. The summed E-state index contributed by atoms with van der Waals surface area (Å²) in [6.45, 7) is 11.3. The number of methoxy groups -OCH3 is 1. The first kappa shape index (κ1) is 23.4. The maximum absolute atomic E-state index is 12.2. The van der Waals surface area contributed by atoms with Crippen LogP contribution < -0.4 is 4.90 Å². The first-order chi connectivity index (χ1) is 14.6. The summed E-state index contributed by atoms with van der Waals surface area (Å²) in [6.07, 6.45) is 4.15. The molecule has 8 nitrogen and oxygen atoms in total. The molecule has 1 atom stereocenters. The quantitative estimate of drug-likeness (QED) is 0.601. The third kappa shape index (κ3) is 6.87. The van der Waals surface area contributed by atoms with Crippen LogP contribution in [0.25, 0.3) is 0 Å². The molecule has 1 amide bonds. The average Bonchev–Trinajstić information content (AvgIpc) is 3.10. The summed E-state index contributed by atoms with van der Waals surface area (Å²) < 4.78 is 15.7. The second-order valence-electron chi connectivity index (χ2n) is 10.2. The molecule has 0 aliphatic carbocycles. The molecule has 0 aromatic carbocycles. The van der Waals surface area contributed by atoms with Gasteiger partial charge in [-0.15, -0.1) is 0 Å². The predicted octanol–water partition coefficient (Wildman–Crippen LogP) is 3.89. The van der Waals surface area contributed by atoms with Gasteiger partial charge in [0.2, 0.25) is 0 Å². The molecule has 1 aromatic heterocycles. The number of anilines is 1. The average molecular weight is 436 g/mol. The fourth-order valence-corrected chi connectivity index (χ4v) is 4.39. The van der Waals surface area contributed by atoms with Gasteiger partial charge in [-0.25, -0.2) is 4.79 Å². The lowest BCUT2D eigenvalue weighted by atomic mass is 9.83. The van der Waals surface area contributed by atoms with E-state index in [-0.39, 0.29) is 18.0 Å². The molecule has 2 fully saturated rings. The predicted molar refractivity (Wildman–Crippen MR) is 117 cm³/mol. The summed E-state index contributed by atoms with van der Waals surface area (Å²) in [4.78, 5) is 27.7. The van der Waals surface area contributed by atoms with Crippen LogP contribution in [0.1, 0.15) is 59.1 Å². The van der Waals surface area contributed by atoms with E-state index in [0.717, 1.165) is 50.6 Å². The third-order valence-corrected chi connectivity index (χ3v) is 6.05. The van der Waals surface area contributed by atoms with Crippen LogP contribution in [0.3, 0.4) is 0 Å². The smallest absolute Gasteiger partial charge is 0.410 e. The summed E-state index contributed by atoms with van der Waals surface area (Å²) in [5.41, 5.74) is -0.441. The van der Waals surface area contributed by atoms with Crippen molar-refractivity contribution in [2.45, 2.75) is 65.4 Å². The number of carbonyl (C=O) groups is 2. The van der Waals surface area contributed by atoms with Gasteiger partial charge in [0.25, 0.3) is 0 Å². The van der Waals surface area contributed by atoms with Crippen molar-refractivity contribution in [1.82, 2.24) is 10.1 Å². The van der Waals surface area contributed by atoms with Gasteiger partial charge in [-0.1, -0.05) is 12.1 Å². The number of ether oxygens (including phenoxy) is 2. The molecule has 2 saturated heterocycles. The van der Waals surface area contributed by atoms with Crippen LogP contribution in [0, 0.1) is 17.8 Å². The van der Waals surface area contributed by atoms with E-state index >= 15 is 0 Å². The normalized spacial score (nSPS) is 19.1. The Morgan fingerprint density at radius 2 is 1.90 bits per heavy atom. The Labute approximate surface area is 185 Å². The zero-order valence-corrected chi connectivity index (χ0v) is 19.6. The van der Waals surface area contributed by atoms with Crippen molar-refractivity contribution in [3.63, 3.8) is 0 Å². The van der Waals surface area contributed by atoms with Gasteiger partial charge < -0.3 is 23.8 Å².